The van der Waals surface area contributed by atoms with Crippen molar-refractivity contribution in [1.29, 1.82) is 0 Å². The predicted octanol–water partition coefficient (Wildman–Crippen LogP) is -1.40. The van der Waals surface area contributed by atoms with Crippen LogP contribution >= 0.6 is 8.25 Å². The Bertz CT molecular complexity index is 48.4. The Labute approximate surface area is 47.2 Å². The molecule has 0 aromatic carbocycles. The lowest BCUT2D eigenvalue weighted by atomic mass is 10.8. The van der Waals surface area contributed by atoms with Crippen molar-refractivity contribution >= 4 is 8.25 Å². The first-order valence-corrected chi connectivity index (χ1v) is 2.88. The summed E-state index contributed by atoms with van der Waals surface area (Å²) < 4.78 is 8.70. The maximum Gasteiger partial charge on any atom is 0.692 e. The number of aliphatic hydroxyl groups is 2. The van der Waals surface area contributed by atoms with E-state index in [1.54, 1.807) is 0 Å². The smallest absolute Gasteiger partial charge is 0.394 e. The van der Waals surface area contributed by atoms with Gasteiger partial charge in [0.15, 0.2) is 0 Å². The van der Waals surface area contributed by atoms with E-state index < -0.39 is 8.25 Å². The van der Waals surface area contributed by atoms with Gasteiger partial charge in [-0.3, -0.25) is 0 Å². The van der Waals surface area contributed by atoms with Gasteiger partial charge in [-0.15, -0.1) is 9.79 Å². The number of rotatable bonds is 1. The summed E-state index contributed by atoms with van der Waals surface area (Å²) >= 11 is 0. The quantitative estimate of drug-likeness (QED) is 0.338. The molecule has 0 fully saturated rings. The minimum absolute atomic E-state index is 0.125. The van der Waals surface area contributed by atoms with E-state index in [1.807, 2.05) is 0 Å². The Balaban J connectivity index is 0. The molecule has 0 aliphatic carbocycles. The Morgan fingerprint density at radius 2 is 1.25 bits per heavy atom. The molecule has 0 atom stereocenters. The summed E-state index contributed by atoms with van der Waals surface area (Å²) in [6.45, 7) is -0.250. The van der Waals surface area contributed by atoms with Gasteiger partial charge in [0, 0.05) is 4.57 Å². The summed E-state index contributed by atoms with van der Waals surface area (Å²) in [6, 6.07) is 0. The second-order valence-corrected chi connectivity index (χ2v) is 1.21. The van der Waals surface area contributed by atoms with Crippen LogP contribution in [0.25, 0.3) is 0 Å². The second kappa shape index (κ2) is 10.0. The topological polar surface area (TPSA) is 98.0 Å². The van der Waals surface area contributed by atoms with Crippen molar-refractivity contribution in [3.05, 3.63) is 0 Å². The summed E-state index contributed by atoms with van der Waals surface area (Å²) in [6.07, 6.45) is 0. The standard InChI is InChI=1S/C2H6O2.HO3P/c3-1-2-4;1-4(2)3/h3-4H,1-2H2;(H-,1,2,3)/p+1. The van der Waals surface area contributed by atoms with Crippen LogP contribution in [0.5, 0.6) is 0 Å². The normalized spacial score (nSPS) is 7.00. The highest BCUT2D eigenvalue weighted by Crippen LogP contribution is 1.98. The first kappa shape index (κ1) is 10.8. The van der Waals surface area contributed by atoms with Gasteiger partial charge in [-0.1, -0.05) is 0 Å². The van der Waals surface area contributed by atoms with Gasteiger partial charge in [0.25, 0.3) is 0 Å². The van der Waals surface area contributed by atoms with Crippen LogP contribution in [0.3, 0.4) is 0 Å². The predicted molar refractivity (Wildman–Crippen MR) is 26.2 cm³/mol. The van der Waals surface area contributed by atoms with Crippen LogP contribution in [0.1, 0.15) is 0 Å². The third-order valence-corrected chi connectivity index (χ3v) is 0.1000. The summed E-state index contributed by atoms with van der Waals surface area (Å²) in [5.41, 5.74) is 0. The van der Waals surface area contributed by atoms with Gasteiger partial charge in [0.2, 0.25) is 0 Å². The molecule has 0 radical (unpaired) electrons. The molecule has 0 aliphatic rings. The van der Waals surface area contributed by atoms with Crippen LogP contribution in [0, 0.1) is 0 Å². The van der Waals surface area contributed by atoms with E-state index in [4.69, 9.17) is 24.6 Å². The van der Waals surface area contributed by atoms with Gasteiger partial charge in [-0.2, -0.15) is 0 Å². The zero-order valence-corrected chi connectivity index (χ0v) is 4.95. The highest BCUT2D eigenvalue weighted by Gasteiger charge is 1.93. The minimum Gasteiger partial charge on any atom is -0.394 e. The molecule has 0 unspecified atom stereocenters. The van der Waals surface area contributed by atoms with Gasteiger partial charge >= 0.3 is 8.25 Å². The lowest BCUT2D eigenvalue weighted by molar-refractivity contribution is 0.186. The molecular weight excluding hydrogens is 135 g/mol. The van der Waals surface area contributed by atoms with Crippen molar-refractivity contribution in [1.82, 2.24) is 0 Å². The van der Waals surface area contributed by atoms with Crippen molar-refractivity contribution in [3.8, 4) is 0 Å². The van der Waals surface area contributed by atoms with Crippen LogP contribution < -0.4 is 0 Å². The average Bonchev–Trinajstić information content (AvgIpc) is 1.65. The molecule has 0 spiro atoms. The SMILES string of the molecule is O=[P+](O)O.OCCO. The molecule has 0 rings (SSSR count). The highest BCUT2D eigenvalue weighted by atomic mass is 31.1. The van der Waals surface area contributed by atoms with Gasteiger partial charge < -0.3 is 10.2 Å². The Kier molecular flexibility index (Phi) is 13.6. The average molecular weight is 143 g/mol. The Hall–Kier alpha value is -0.0600. The lowest BCUT2D eigenvalue weighted by Gasteiger charge is -1.70. The molecule has 5 nitrogen and oxygen atoms in total. The van der Waals surface area contributed by atoms with E-state index in [0.29, 0.717) is 0 Å². The highest BCUT2D eigenvalue weighted by molar-refractivity contribution is 7.30. The van der Waals surface area contributed by atoms with Crippen molar-refractivity contribution in [3.63, 3.8) is 0 Å². The molecule has 0 amide bonds. The molecule has 0 aromatic rings. The van der Waals surface area contributed by atoms with Crippen LogP contribution in [-0.2, 0) is 4.57 Å². The molecule has 0 aliphatic heterocycles. The van der Waals surface area contributed by atoms with E-state index in [0.717, 1.165) is 0 Å². The van der Waals surface area contributed by atoms with Gasteiger partial charge in [-0.25, -0.2) is 0 Å². The molecular formula is C2H8O5P+. The zero-order chi connectivity index (χ0) is 6.99. The van der Waals surface area contributed by atoms with E-state index in [9.17, 15) is 0 Å². The van der Waals surface area contributed by atoms with Gasteiger partial charge in [0.05, 0.1) is 13.2 Å². The fourth-order valence-electron chi connectivity index (χ4n) is 0. The van der Waals surface area contributed by atoms with Crippen molar-refractivity contribution in [2.45, 2.75) is 0 Å². The molecule has 0 heterocycles. The Morgan fingerprint density at radius 1 is 1.12 bits per heavy atom. The Morgan fingerprint density at radius 3 is 1.25 bits per heavy atom. The summed E-state index contributed by atoms with van der Waals surface area (Å²) in [5.74, 6) is 0. The minimum atomic E-state index is -2.87. The van der Waals surface area contributed by atoms with Crippen molar-refractivity contribution in [2.24, 2.45) is 0 Å². The van der Waals surface area contributed by atoms with Gasteiger partial charge in [0.1, 0.15) is 0 Å². The van der Waals surface area contributed by atoms with Crippen LogP contribution in [0.15, 0.2) is 0 Å². The molecule has 4 N–H and O–H groups in total. The van der Waals surface area contributed by atoms with E-state index >= 15 is 0 Å². The number of aliphatic hydroxyl groups excluding tert-OH is 2. The third kappa shape index (κ3) is 164. The van der Waals surface area contributed by atoms with E-state index in [-0.39, 0.29) is 13.2 Å². The van der Waals surface area contributed by atoms with Crippen LogP contribution in [0.2, 0.25) is 0 Å². The molecule has 0 saturated heterocycles. The molecule has 0 bridgehead atoms. The largest absolute Gasteiger partial charge is 0.692 e. The second-order valence-electron chi connectivity index (χ2n) is 0.700. The number of hydrogen-bond acceptors (Lipinski definition) is 3. The first-order valence-electron chi connectivity index (χ1n) is 1.72. The molecule has 8 heavy (non-hydrogen) atoms. The van der Waals surface area contributed by atoms with E-state index in [2.05, 4.69) is 0 Å². The van der Waals surface area contributed by atoms with Gasteiger partial charge in [-0.05, 0) is 0 Å². The maximum atomic E-state index is 8.70. The molecule has 50 valence electrons. The summed E-state index contributed by atoms with van der Waals surface area (Å²) in [7, 11) is -2.87. The molecule has 6 heteroatoms. The summed E-state index contributed by atoms with van der Waals surface area (Å²) in [5, 5.41) is 15.2. The fraction of sp³-hybridized carbons (Fsp3) is 1.00. The maximum absolute atomic E-state index is 8.70. The molecule has 0 saturated carbocycles. The fourth-order valence-corrected chi connectivity index (χ4v) is 0. The lowest BCUT2D eigenvalue weighted by Crippen LogP contribution is -1.85. The van der Waals surface area contributed by atoms with Crippen molar-refractivity contribution in [2.75, 3.05) is 13.2 Å². The van der Waals surface area contributed by atoms with Crippen molar-refractivity contribution < 1.29 is 24.6 Å². The summed E-state index contributed by atoms with van der Waals surface area (Å²) in [4.78, 5) is 14.2. The zero-order valence-electron chi connectivity index (χ0n) is 4.06. The third-order valence-electron chi connectivity index (χ3n) is 0.1000. The molecule has 0 aromatic heterocycles. The van der Waals surface area contributed by atoms with Crippen LogP contribution in [-0.4, -0.2) is 33.2 Å². The first-order chi connectivity index (χ1) is 3.65. The van der Waals surface area contributed by atoms with Crippen LogP contribution in [0.4, 0.5) is 0 Å². The van der Waals surface area contributed by atoms with E-state index in [1.165, 1.54) is 0 Å². The number of hydrogen-bond donors (Lipinski definition) is 4. The monoisotopic (exact) mass is 143 g/mol.